The fourth-order valence-electron chi connectivity index (χ4n) is 1.82. The van der Waals surface area contributed by atoms with E-state index in [9.17, 15) is 13.2 Å². The first-order valence-corrected chi connectivity index (χ1v) is 6.25. The van der Waals surface area contributed by atoms with Crippen LogP contribution in [-0.4, -0.2) is 24.9 Å². The molecule has 116 valence electrons. The lowest BCUT2D eigenvalue weighted by molar-refractivity contribution is -0.159. The number of aromatic nitrogens is 5. The van der Waals surface area contributed by atoms with Gasteiger partial charge in [-0.3, -0.25) is 0 Å². The van der Waals surface area contributed by atoms with Gasteiger partial charge in [-0.15, -0.1) is 5.10 Å². The second-order valence-electron chi connectivity index (χ2n) is 4.50. The summed E-state index contributed by atoms with van der Waals surface area (Å²) in [5, 5.41) is 15.9. The Hall–Kier alpha value is -3.22. The minimum atomic E-state index is -4.67. The Bertz CT molecular complexity index is 859. The van der Waals surface area contributed by atoms with E-state index in [4.69, 9.17) is 5.26 Å². The van der Waals surface area contributed by atoms with Gasteiger partial charge < -0.3 is 4.52 Å². The molecule has 7 nitrogen and oxygen atoms in total. The van der Waals surface area contributed by atoms with Gasteiger partial charge in [-0.1, -0.05) is 29.4 Å². The molecule has 0 saturated carbocycles. The molecule has 0 bridgehead atoms. The lowest BCUT2D eigenvalue weighted by Crippen LogP contribution is -2.04. The van der Waals surface area contributed by atoms with Crippen LogP contribution in [-0.2, 0) is 12.7 Å². The van der Waals surface area contributed by atoms with E-state index >= 15 is 0 Å². The summed E-state index contributed by atoms with van der Waals surface area (Å²) in [6, 6.07) is 8.33. The summed E-state index contributed by atoms with van der Waals surface area (Å²) in [6.07, 6.45) is -3.25. The summed E-state index contributed by atoms with van der Waals surface area (Å²) >= 11 is 0. The third-order valence-corrected chi connectivity index (χ3v) is 2.86. The fraction of sp³-hybridized carbons (Fsp3) is 0.154. The average molecular weight is 320 g/mol. The number of rotatable bonds is 3. The van der Waals surface area contributed by atoms with Gasteiger partial charge in [0.05, 0.1) is 6.54 Å². The van der Waals surface area contributed by atoms with Gasteiger partial charge in [-0.05, 0) is 5.56 Å². The molecule has 23 heavy (non-hydrogen) atoms. The predicted molar refractivity (Wildman–Crippen MR) is 68.6 cm³/mol. The van der Waals surface area contributed by atoms with Gasteiger partial charge in [0.25, 0.3) is 5.82 Å². The van der Waals surface area contributed by atoms with Crippen LogP contribution in [0.3, 0.4) is 0 Å². The molecule has 0 amide bonds. The Morgan fingerprint density at radius 3 is 2.52 bits per heavy atom. The van der Waals surface area contributed by atoms with E-state index in [0.717, 1.165) is 5.56 Å². The third kappa shape index (κ3) is 3.18. The van der Waals surface area contributed by atoms with Gasteiger partial charge in [-0.2, -0.15) is 23.4 Å². The normalized spacial score (nSPS) is 11.4. The molecule has 0 N–H and O–H groups in total. The third-order valence-electron chi connectivity index (χ3n) is 2.86. The topological polar surface area (TPSA) is 93.4 Å². The largest absolute Gasteiger partial charge is 0.471 e. The van der Waals surface area contributed by atoms with E-state index in [-0.39, 0.29) is 11.6 Å². The molecule has 0 aliphatic heterocycles. The van der Waals surface area contributed by atoms with Crippen molar-refractivity contribution in [3.05, 3.63) is 47.9 Å². The van der Waals surface area contributed by atoms with Crippen LogP contribution in [0, 0.1) is 11.3 Å². The van der Waals surface area contributed by atoms with Crippen molar-refractivity contribution in [2.24, 2.45) is 0 Å². The highest BCUT2D eigenvalue weighted by Crippen LogP contribution is 2.29. The number of nitriles is 1. The Labute approximate surface area is 127 Å². The zero-order valence-corrected chi connectivity index (χ0v) is 11.3. The summed E-state index contributed by atoms with van der Waals surface area (Å²) in [7, 11) is 0. The molecule has 0 spiro atoms. The predicted octanol–water partition coefficient (Wildman–Crippen LogP) is 2.27. The van der Waals surface area contributed by atoms with Crippen LogP contribution in [0.4, 0.5) is 13.2 Å². The Kier molecular flexibility index (Phi) is 3.53. The number of halogens is 3. The number of nitrogens with zero attached hydrogens (tertiary/aromatic N) is 6. The summed E-state index contributed by atoms with van der Waals surface area (Å²) in [5.74, 6) is -1.47. The molecule has 0 saturated heterocycles. The minimum Gasteiger partial charge on any atom is -0.329 e. The molecule has 0 unspecified atom stereocenters. The van der Waals surface area contributed by atoms with Crippen molar-refractivity contribution in [2.45, 2.75) is 12.7 Å². The number of alkyl halides is 3. The molecular weight excluding hydrogens is 313 g/mol. The smallest absolute Gasteiger partial charge is 0.329 e. The maximum atomic E-state index is 12.4. The van der Waals surface area contributed by atoms with Crippen molar-refractivity contribution >= 4 is 0 Å². The fourth-order valence-corrected chi connectivity index (χ4v) is 1.82. The van der Waals surface area contributed by atoms with Crippen LogP contribution in [0.1, 0.15) is 17.3 Å². The van der Waals surface area contributed by atoms with E-state index in [1.54, 1.807) is 24.3 Å². The molecule has 3 rings (SSSR count). The SMILES string of the molecule is N#Cc1ncn(Cc2ccc(-c3noc(C(F)(F)F)n3)cc2)n1. The number of hydrogen-bond acceptors (Lipinski definition) is 6. The van der Waals surface area contributed by atoms with Crippen molar-refractivity contribution in [1.29, 1.82) is 5.26 Å². The van der Waals surface area contributed by atoms with E-state index in [1.807, 2.05) is 6.07 Å². The molecule has 0 aliphatic rings. The number of benzene rings is 1. The van der Waals surface area contributed by atoms with Crippen LogP contribution in [0.15, 0.2) is 35.1 Å². The van der Waals surface area contributed by atoms with Crippen molar-refractivity contribution in [3.8, 4) is 17.5 Å². The Morgan fingerprint density at radius 1 is 1.22 bits per heavy atom. The van der Waals surface area contributed by atoms with Gasteiger partial charge in [-0.25, -0.2) is 9.67 Å². The first-order valence-electron chi connectivity index (χ1n) is 6.25. The van der Waals surface area contributed by atoms with E-state index < -0.39 is 12.1 Å². The summed E-state index contributed by atoms with van der Waals surface area (Å²) in [4.78, 5) is 7.09. The first-order chi connectivity index (χ1) is 11.0. The van der Waals surface area contributed by atoms with Crippen molar-refractivity contribution in [3.63, 3.8) is 0 Å². The molecule has 10 heteroatoms. The van der Waals surface area contributed by atoms with Crippen LogP contribution in [0.2, 0.25) is 0 Å². The molecule has 2 heterocycles. The maximum Gasteiger partial charge on any atom is 0.471 e. The van der Waals surface area contributed by atoms with Gasteiger partial charge in [0.2, 0.25) is 5.82 Å². The number of hydrogen-bond donors (Lipinski definition) is 0. The first kappa shape index (κ1) is 14.7. The van der Waals surface area contributed by atoms with E-state index in [1.165, 1.54) is 11.0 Å². The zero-order valence-electron chi connectivity index (χ0n) is 11.3. The second-order valence-corrected chi connectivity index (χ2v) is 4.50. The van der Waals surface area contributed by atoms with E-state index in [0.29, 0.717) is 12.1 Å². The average Bonchev–Trinajstić information content (AvgIpc) is 3.16. The van der Waals surface area contributed by atoms with Crippen molar-refractivity contribution < 1.29 is 17.7 Å². The monoisotopic (exact) mass is 320 g/mol. The van der Waals surface area contributed by atoms with Crippen LogP contribution >= 0.6 is 0 Å². The molecule has 0 radical (unpaired) electrons. The van der Waals surface area contributed by atoms with Gasteiger partial charge >= 0.3 is 12.1 Å². The highest BCUT2D eigenvalue weighted by molar-refractivity contribution is 5.54. The molecule has 0 atom stereocenters. The van der Waals surface area contributed by atoms with Crippen LogP contribution in [0.25, 0.3) is 11.4 Å². The van der Waals surface area contributed by atoms with Gasteiger partial charge in [0.15, 0.2) is 0 Å². The Morgan fingerprint density at radius 2 is 1.96 bits per heavy atom. The van der Waals surface area contributed by atoms with Crippen molar-refractivity contribution in [2.75, 3.05) is 0 Å². The minimum absolute atomic E-state index is 0.0631. The Balaban J connectivity index is 1.77. The highest BCUT2D eigenvalue weighted by atomic mass is 19.4. The molecule has 0 aliphatic carbocycles. The standard InChI is InChI=1S/C13H7F3N6O/c14-13(15,16)12-19-11(21-23-12)9-3-1-8(2-4-9)6-22-7-18-10(5-17)20-22/h1-4,7H,6H2. The van der Waals surface area contributed by atoms with Gasteiger partial charge in [0, 0.05) is 5.56 Å². The molecule has 2 aromatic heterocycles. The lowest BCUT2D eigenvalue weighted by atomic mass is 10.1. The molecule has 1 aromatic carbocycles. The van der Waals surface area contributed by atoms with Crippen molar-refractivity contribution in [1.82, 2.24) is 24.9 Å². The van der Waals surface area contributed by atoms with Gasteiger partial charge in [0.1, 0.15) is 12.4 Å². The molecular formula is C13H7F3N6O. The molecule has 3 aromatic rings. The summed E-state index contributed by atoms with van der Waals surface area (Å²) < 4.78 is 42.9. The second kappa shape index (κ2) is 5.53. The van der Waals surface area contributed by atoms with E-state index in [2.05, 4.69) is 24.7 Å². The highest BCUT2D eigenvalue weighted by Gasteiger charge is 2.38. The lowest BCUT2D eigenvalue weighted by Gasteiger charge is -2.01. The summed E-state index contributed by atoms with van der Waals surface area (Å²) in [6.45, 7) is 0.370. The van der Waals surface area contributed by atoms with Crippen LogP contribution in [0.5, 0.6) is 0 Å². The van der Waals surface area contributed by atoms with Crippen LogP contribution < -0.4 is 0 Å². The maximum absolute atomic E-state index is 12.4. The zero-order chi connectivity index (χ0) is 16.4. The summed E-state index contributed by atoms with van der Waals surface area (Å²) in [5.41, 5.74) is 1.21. The molecule has 0 fully saturated rings. The quantitative estimate of drug-likeness (QED) is 0.735.